The van der Waals surface area contributed by atoms with E-state index in [1.807, 2.05) is 31.0 Å². The number of nitrogens with two attached hydrogens (primary N) is 1. The molecule has 0 unspecified atom stereocenters. The van der Waals surface area contributed by atoms with Crippen molar-refractivity contribution < 1.29 is 14.2 Å². The predicted octanol–water partition coefficient (Wildman–Crippen LogP) is 0.178. The third kappa shape index (κ3) is 3.54. The van der Waals surface area contributed by atoms with Crippen molar-refractivity contribution >= 4 is 11.2 Å². The van der Waals surface area contributed by atoms with Crippen molar-refractivity contribution in [3.05, 3.63) is 30.5 Å². The summed E-state index contributed by atoms with van der Waals surface area (Å²) in [6, 6.07) is 0. The second kappa shape index (κ2) is 7.52. The molecule has 1 aliphatic rings. The third-order valence-corrected chi connectivity index (χ3v) is 4.32. The van der Waals surface area contributed by atoms with Gasteiger partial charge in [0.25, 0.3) is 0 Å². The number of ether oxygens (including phenoxy) is 1. The normalized spacial score (nSPS) is 27.1. The second-order valence-electron chi connectivity index (χ2n) is 6.21. The first-order chi connectivity index (χ1) is 12.0. The molecule has 8 nitrogen and oxygen atoms in total. The molecule has 136 valence electrons. The number of likely N-dealkylation sites (N-methyl/N-ethyl adjacent to an activating group) is 1. The zero-order valence-electron chi connectivity index (χ0n) is 14.3. The van der Waals surface area contributed by atoms with Crippen LogP contribution in [0.25, 0.3) is 11.2 Å². The number of imidazole rings is 1. The summed E-state index contributed by atoms with van der Waals surface area (Å²) in [5.41, 5.74) is 7.21. The number of aliphatic hydroxyl groups is 1. The van der Waals surface area contributed by atoms with E-state index in [4.69, 9.17) is 10.5 Å². The summed E-state index contributed by atoms with van der Waals surface area (Å²) >= 11 is 0. The maximum atomic E-state index is 14.7. The first-order valence-corrected chi connectivity index (χ1v) is 8.18. The molecule has 2 aromatic rings. The Balaban J connectivity index is 1.75. The maximum absolute atomic E-state index is 14.7. The van der Waals surface area contributed by atoms with Gasteiger partial charge in [-0.25, -0.2) is 19.3 Å². The first-order valence-electron chi connectivity index (χ1n) is 8.18. The summed E-state index contributed by atoms with van der Waals surface area (Å²) < 4.78 is 22.0. The molecule has 0 aliphatic carbocycles. The minimum absolute atomic E-state index is 0.396. The number of alkyl halides is 1. The maximum Gasteiger partial charge on any atom is 0.173 e. The van der Waals surface area contributed by atoms with Gasteiger partial charge in [0.1, 0.15) is 24.1 Å². The van der Waals surface area contributed by atoms with Crippen LogP contribution in [0.2, 0.25) is 0 Å². The summed E-state index contributed by atoms with van der Waals surface area (Å²) in [6.07, 6.45) is 2.27. The second-order valence-corrected chi connectivity index (χ2v) is 6.21. The summed E-state index contributed by atoms with van der Waals surface area (Å²) in [7, 11) is 1.88. The topological polar surface area (TPSA) is 102 Å². The van der Waals surface area contributed by atoms with Gasteiger partial charge in [0.05, 0.1) is 12.0 Å². The van der Waals surface area contributed by atoms with Crippen LogP contribution in [0.15, 0.2) is 24.8 Å². The van der Waals surface area contributed by atoms with E-state index in [0.29, 0.717) is 36.5 Å². The SMILES string of the molecule is Cc1ncnc2c1ncn2[C@@H]1O[C@H](CN(C)C/C=C/CN)[C@@H](O)[C@@H]1F. The van der Waals surface area contributed by atoms with Crippen LogP contribution >= 0.6 is 0 Å². The standard InChI is InChI=1S/C16H23FN6O2/c1-10-13-15(20-8-19-10)23(9-21-13)16-12(17)14(24)11(25-16)7-22(2)6-4-3-5-18/h3-4,8-9,11-12,14,16,24H,5-7,18H2,1-2H3/b4-3+/t11-,12+,14-,16-/m1/s1. The largest absolute Gasteiger partial charge is 0.387 e. The molecule has 3 N–H and O–H groups in total. The lowest BCUT2D eigenvalue weighted by Crippen LogP contribution is -2.37. The summed E-state index contributed by atoms with van der Waals surface area (Å²) in [4.78, 5) is 14.4. The highest BCUT2D eigenvalue weighted by Crippen LogP contribution is 2.34. The minimum Gasteiger partial charge on any atom is -0.387 e. The number of nitrogens with zero attached hydrogens (tertiary/aromatic N) is 5. The number of halogens is 1. The zero-order valence-corrected chi connectivity index (χ0v) is 14.3. The molecule has 25 heavy (non-hydrogen) atoms. The molecule has 1 saturated heterocycles. The number of aryl methyl sites for hydroxylation is 1. The molecule has 3 rings (SSSR count). The monoisotopic (exact) mass is 350 g/mol. The van der Waals surface area contributed by atoms with E-state index in [2.05, 4.69) is 15.0 Å². The molecular formula is C16H23FN6O2. The fourth-order valence-electron chi connectivity index (χ4n) is 2.97. The number of aromatic nitrogens is 4. The van der Waals surface area contributed by atoms with Gasteiger partial charge in [-0.2, -0.15) is 0 Å². The zero-order chi connectivity index (χ0) is 18.0. The highest BCUT2D eigenvalue weighted by Gasteiger charge is 2.45. The molecule has 1 aliphatic heterocycles. The van der Waals surface area contributed by atoms with E-state index in [1.165, 1.54) is 17.2 Å². The number of fused-ring (bicyclic) bond motifs is 1. The number of hydrogen-bond acceptors (Lipinski definition) is 7. The van der Waals surface area contributed by atoms with Crippen LogP contribution in [0.5, 0.6) is 0 Å². The van der Waals surface area contributed by atoms with Crippen molar-refractivity contribution in [2.24, 2.45) is 5.73 Å². The van der Waals surface area contributed by atoms with Gasteiger partial charge >= 0.3 is 0 Å². The van der Waals surface area contributed by atoms with Gasteiger partial charge in [-0.3, -0.25) is 4.57 Å². The minimum atomic E-state index is -1.56. The van der Waals surface area contributed by atoms with Crippen LogP contribution in [0.1, 0.15) is 11.9 Å². The van der Waals surface area contributed by atoms with Gasteiger partial charge in [0.15, 0.2) is 18.0 Å². The molecule has 1 fully saturated rings. The lowest BCUT2D eigenvalue weighted by Gasteiger charge is -2.21. The van der Waals surface area contributed by atoms with Crippen LogP contribution in [-0.2, 0) is 4.74 Å². The van der Waals surface area contributed by atoms with E-state index in [0.717, 1.165) is 0 Å². The van der Waals surface area contributed by atoms with Gasteiger partial charge in [0.2, 0.25) is 0 Å². The van der Waals surface area contributed by atoms with Crippen molar-refractivity contribution in [2.45, 2.75) is 31.5 Å². The third-order valence-electron chi connectivity index (χ3n) is 4.32. The highest BCUT2D eigenvalue weighted by molar-refractivity contribution is 5.72. The van der Waals surface area contributed by atoms with E-state index in [9.17, 15) is 9.50 Å². The van der Waals surface area contributed by atoms with Gasteiger partial charge in [-0.1, -0.05) is 12.2 Å². The number of hydrogen-bond donors (Lipinski definition) is 2. The average Bonchev–Trinajstić information content (AvgIpc) is 3.13. The van der Waals surface area contributed by atoms with Crippen molar-refractivity contribution in [3.63, 3.8) is 0 Å². The molecule has 0 aromatic carbocycles. The highest BCUT2D eigenvalue weighted by atomic mass is 19.1. The predicted molar refractivity (Wildman–Crippen MR) is 90.6 cm³/mol. The molecule has 3 heterocycles. The van der Waals surface area contributed by atoms with Crippen LogP contribution < -0.4 is 5.73 Å². The average molecular weight is 350 g/mol. The lowest BCUT2D eigenvalue weighted by atomic mass is 10.1. The molecule has 0 spiro atoms. The van der Waals surface area contributed by atoms with E-state index in [1.54, 1.807) is 0 Å². The molecule has 0 amide bonds. The Hall–Kier alpha value is -1.94. The Kier molecular flexibility index (Phi) is 5.38. The molecule has 0 saturated carbocycles. The van der Waals surface area contributed by atoms with Gasteiger partial charge in [-0.15, -0.1) is 0 Å². The Morgan fingerprint density at radius 1 is 1.40 bits per heavy atom. The Morgan fingerprint density at radius 3 is 2.96 bits per heavy atom. The van der Waals surface area contributed by atoms with E-state index < -0.39 is 24.6 Å². The fraction of sp³-hybridized carbons (Fsp3) is 0.562. The fourth-order valence-corrected chi connectivity index (χ4v) is 2.97. The van der Waals surface area contributed by atoms with Crippen molar-refractivity contribution in [3.8, 4) is 0 Å². The molecule has 0 radical (unpaired) electrons. The molecule has 4 atom stereocenters. The first kappa shape index (κ1) is 17.9. The van der Waals surface area contributed by atoms with E-state index in [-0.39, 0.29) is 0 Å². The molecular weight excluding hydrogens is 327 g/mol. The summed E-state index contributed by atoms with van der Waals surface area (Å²) in [6.45, 7) is 3.32. The van der Waals surface area contributed by atoms with Crippen molar-refractivity contribution in [1.82, 2.24) is 24.4 Å². The van der Waals surface area contributed by atoms with Crippen LogP contribution in [0.4, 0.5) is 4.39 Å². The quantitative estimate of drug-likeness (QED) is 0.716. The van der Waals surface area contributed by atoms with E-state index >= 15 is 0 Å². The van der Waals surface area contributed by atoms with Gasteiger partial charge in [-0.05, 0) is 14.0 Å². The van der Waals surface area contributed by atoms with Crippen LogP contribution in [-0.4, -0.2) is 74.6 Å². The Bertz CT molecular complexity index is 751. The summed E-state index contributed by atoms with van der Waals surface area (Å²) in [5, 5.41) is 10.2. The lowest BCUT2D eigenvalue weighted by molar-refractivity contribution is -0.0330. The van der Waals surface area contributed by atoms with Crippen molar-refractivity contribution in [1.29, 1.82) is 0 Å². The van der Waals surface area contributed by atoms with Crippen LogP contribution in [0, 0.1) is 6.92 Å². The molecule has 9 heteroatoms. The molecule has 0 bridgehead atoms. The Morgan fingerprint density at radius 2 is 2.20 bits per heavy atom. The Labute approximate surface area is 145 Å². The van der Waals surface area contributed by atoms with Gasteiger partial charge in [0, 0.05) is 19.6 Å². The van der Waals surface area contributed by atoms with Crippen LogP contribution in [0.3, 0.4) is 0 Å². The van der Waals surface area contributed by atoms with Gasteiger partial charge < -0.3 is 20.5 Å². The smallest absolute Gasteiger partial charge is 0.173 e. The number of rotatable bonds is 6. The molecule has 2 aromatic heterocycles. The summed E-state index contributed by atoms with van der Waals surface area (Å²) in [5.74, 6) is 0. The van der Waals surface area contributed by atoms with Crippen molar-refractivity contribution in [2.75, 3.05) is 26.7 Å². The number of aliphatic hydroxyl groups excluding tert-OH is 1.